The number of thiophene rings is 1. The van der Waals surface area contributed by atoms with Crippen LogP contribution in [0.3, 0.4) is 0 Å². The van der Waals surface area contributed by atoms with Gasteiger partial charge < -0.3 is 9.64 Å². The first kappa shape index (κ1) is 18.6. The molecule has 0 aliphatic heterocycles. The van der Waals surface area contributed by atoms with Crippen molar-refractivity contribution in [3.63, 3.8) is 0 Å². The van der Waals surface area contributed by atoms with E-state index in [-0.39, 0.29) is 12.6 Å². The molecule has 0 aliphatic carbocycles. The molecule has 0 bridgehead atoms. The summed E-state index contributed by atoms with van der Waals surface area (Å²) in [4.78, 5) is 29.1. The highest BCUT2D eigenvalue weighted by atomic mass is 32.1. The van der Waals surface area contributed by atoms with E-state index in [9.17, 15) is 4.79 Å². The van der Waals surface area contributed by atoms with Crippen LogP contribution in [0, 0.1) is 0 Å². The maximum atomic E-state index is 12.4. The van der Waals surface area contributed by atoms with Crippen LogP contribution in [0.1, 0.15) is 29.1 Å². The summed E-state index contributed by atoms with van der Waals surface area (Å²) in [6.07, 6.45) is 6.91. The number of ether oxygens (including phenoxy) is 1. The van der Waals surface area contributed by atoms with Crippen LogP contribution in [0.15, 0.2) is 43.1 Å². The maximum absolute atomic E-state index is 12.4. The zero-order valence-corrected chi connectivity index (χ0v) is 17.2. The summed E-state index contributed by atoms with van der Waals surface area (Å²) in [6, 6.07) is 5.62. The van der Waals surface area contributed by atoms with Crippen molar-refractivity contribution >= 4 is 43.3 Å². The molecular weight excluding hydrogens is 394 g/mol. The van der Waals surface area contributed by atoms with Crippen LogP contribution in [0.4, 0.5) is 5.13 Å². The molecule has 28 heavy (non-hydrogen) atoms. The van der Waals surface area contributed by atoms with Crippen LogP contribution in [0.25, 0.3) is 15.3 Å². The first-order chi connectivity index (χ1) is 13.7. The number of esters is 1. The van der Waals surface area contributed by atoms with Gasteiger partial charge in [0.2, 0.25) is 0 Å². The van der Waals surface area contributed by atoms with E-state index in [4.69, 9.17) is 4.74 Å². The van der Waals surface area contributed by atoms with Crippen molar-refractivity contribution in [2.24, 2.45) is 0 Å². The second-order valence-electron chi connectivity index (χ2n) is 6.02. The van der Waals surface area contributed by atoms with E-state index < -0.39 is 0 Å². The molecule has 0 atom stereocenters. The van der Waals surface area contributed by atoms with E-state index in [1.54, 1.807) is 30.1 Å². The molecule has 0 unspecified atom stereocenters. The summed E-state index contributed by atoms with van der Waals surface area (Å²) in [6.45, 7) is 6.23. The second kappa shape index (κ2) is 8.07. The highest BCUT2D eigenvalue weighted by Crippen LogP contribution is 2.34. The first-order valence-corrected chi connectivity index (χ1v) is 10.6. The molecule has 144 valence electrons. The molecule has 0 aromatic carbocycles. The van der Waals surface area contributed by atoms with Gasteiger partial charge >= 0.3 is 5.97 Å². The Morgan fingerprint density at radius 1 is 1.25 bits per heavy atom. The number of imidazole rings is 1. The third-order valence-corrected chi connectivity index (χ3v) is 6.46. The van der Waals surface area contributed by atoms with E-state index in [2.05, 4.69) is 33.7 Å². The number of hydrogen-bond donors (Lipinski definition) is 0. The smallest absolute Gasteiger partial charge is 0.348 e. The fraction of sp³-hybridized carbons (Fsp3) is 0.263. The molecule has 0 amide bonds. The Hall–Kier alpha value is -2.78. The summed E-state index contributed by atoms with van der Waals surface area (Å²) in [5.74, 6) is 0.430. The number of thiazole rings is 1. The highest BCUT2D eigenvalue weighted by molar-refractivity contribution is 7.29. The van der Waals surface area contributed by atoms with Crippen molar-refractivity contribution in [2.45, 2.75) is 20.5 Å². The van der Waals surface area contributed by atoms with E-state index in [1.807, 2.05) is 29.0 Å². The zero-order valence-electron chi connectivity index (χ0n) is 15.5. The first-order valence-electron chi connectivity index (χ1n) is 8.93. The van der Waals surface area contributed by atoms with Gasteiger partial charge in [0.05, 0.1) is 4.70 Å². The van der Waals surface area contributed by atoms with Gasteiger partial charge in [-0.1, -0.05) is 17.4 Å². The maximum Gasteiger partial charge on any atom is 0.348 e. The zero-order chi connectivity index (χ0) is 19.5. The van der Waals surface area contributed by atoms with Gasteiger partial charge in [-0.25, -0.2) is 19.7 Å². The SMILES string of the molecule is CCN(CC)c1nc2sc(C(=O)OCc3ccc(-n4ccnc4)nc3)cc2s1. The number of carbonyl (C=O) groups excluding carboxylic acids is 1. The molecule has 9 heteroatoms. The highest BCUT2D eigenvalue weighted by Gasteiger charge is 2.17. The minimum absolute atomic E-state index is 0.180. The lowest BCUT2D eigenvalue weighted by molar-refractivity contribution is 0.0478. The average molecular weight is 414 g/mol. The summed E-state index contributed by atoms with van der Waals surface area (Å²) in [7, 11) is 0. The molecule has 0 radical (unpaired) electrons. The monoisotopic (exact) mass is 413 g/mol. The van der Waals surface area contributed by atoms with E-state index in [1.165, 1.54) is 11.3 Å². The fourth-order valence-electron chi connectivity index (χ4n) is 2.72. The lowest BCUT2D eigenvalue weighted by Gasteiger charge is -2.16. The second-order valence-corrected chi connectivity index (χ2v) is 8.06. The van der Waals surface area contributed by atoms with Crippen LogP contribution in [0.5, 0.6) is 0 Å². The standard InChI is InChI=1S/C19H19N5O2S2/c1-3-23(4-2)19-22-17-14(28-19)9-15(27-17)18(25)26-11-13-5-6-16(21-10-13)24-8-7-20-12-24/h5-10,12H,3-4,11H2,1-2H3. The Kier molecular flexibility index (Phi) is 5.36. The van der Waals surface area contributed by atoms with Crippen molar-refractivity contribution in [3.8, 4) is 5.82 Å². The van der Waals surface area contributed by atoms with E-state index in [0.717, 1.165) is 39.1 Å². The number of nitrogens with zero attached hydrogens (tertiary/aromatic N) is 5. The van der Waals surface area contributed by atoms with Crippen molar-refractivity contribution in [1.82, 2.24) is 19.5 Å². The predicted molar refractivity (Wildman–Crippen MR) is 112 cm³/mol. The topological polar surface area (TPSA) is 73.1 Å². The lowest BCUT2D eigenvalue weighted by atomic mass is 10.3. The molecule has 0 saturated heterocycles. The molecule has 0 N–H and O–H groups in total. The number of hydrogen-bond acceptors (Lipinski definition) is 8. The third-order valence-electron chi connectivity index (χ3n) is 4.26. The van der Waals surface area contributed by atoms with Crippen LogP contribution in [0.2, 0.25) is 0 Å². The van der Waals surface area contributed by atoms with Gasteiger partial charge in [-0.15, -0.1) is 11.3 Å². The summed E-state index contributed by atoms with van der Waals surface area (Å²) in [5, 5.41) is 0.996. The Balaban J connectivity index is 1.40. The minimum atomic E-state index is -0.335. The number of anilines is 1. The number of pyridine rings is 1. The molecule has 4 aromatic rings. The van der Waals surface area contributed by atoms with Gasteiger partial charge in [-0.05, 0) is 26.0 Å². The molecule has 4 heterocycles. The third kappa shape index (κ3) is 3.76. The largest absolute Gasteiger partial charge is 0.457 e. The molecule has 0 spiro atoms. The van der Waals surface area contributed by atoms with Crippen LogP contribution >= 0.6 is 22.7 Å². The molecular formula is C19H19N5O2S2. The van der Waals surface area contributed by atoms with Crippen molar-refractivity contribution in [2.75, 3.05) is 18.0 Å². The number of aromatic nitrogens is 4. The molecule has 0 aliphatic rings. The van der Waals surface area contributed by atoms with Gasteiger partial charge in [0.15, 0.2) is 5.13 Å². The van der Waals surface area contributed by atoms with Crippen molar-refractivity contribution in [3.05, 3.63) is 53.6 Å². The number of fused-ring (bicyclic) bond motifs is 1. The van der Waals surface area contributed by atoms with Crippen LogP contribution < -0.4 is 4.90 Å². The van der Waals surface area contributed by atoms with Gasteiger partial charge in [0.25, 0.3) is 0 Å². The Labute approximate surface area is 170 Å². The van der Waals surface area contributed by atoms with Crippen molar-refractivity contribution in [1.29, 1.82) is 0 Å². The quantitative estimate of drug-likeness (QED) is 0.424. The molecule has 4 aromatic heterocycles. The fourth-order valence-corrected chi connectivity index (χ4v) is 4.96. The molecule has 0 saturated carbocycles. The van der Waals surface area contributed by atoms with Crippen LogP contribution in [-0.4, -0.2) is 38.6 Å². The average Bonchev–Trinajstić information content (AvgIpc) is 3.44. The van der Waals surface area contributed by atoms with Gasteiger partial charge in [0.1, 0.15) is 28.5 Å². The number of carbonyl (C=O) groups is 1. The molecule has 7 nitrogen and oxygen atoms in total. The van der Waals surface area contributed by atoms with Gasteiger partial charge in [0, 0.05) is 37.2 Å². The Morgan fingerprint density at radius 3 is 2.75 bits per heavy atom. The summed E-state index contributed by atoms with van der Waals surface area (Å²) >= 11 is 2.98. The Morgan fingerprint density at radius 2 is 2.11 bits per heavy atom. The van der Waals surface area contributed by atoms with Gasteiger partial charge in [-0.2, -0.15) is 0 Å². The van der Waals surface area contributed by atoms with Crippen LogP contribution in [-0.2, 0) is 11.3 Å². The van der Waals surface area contributed by atoms with E-state index in [0.29, 0.717) is 4.88 Å². The van der Waals surface area contributed by atoms with Crippen molar-refractivity contribution < 1.29 is 9.53 Å². The normalized spacial score (nSPS) is 11.1. The predicted octanol–water partition coefficient (Wildman–Crippen LogP) is 4.14. The summed E-state index contributed by atoms with van der Waals surface area (Å²) < 4.78 is 8.27. The summed E-state index contributed by atoms with van der Waals surface area (Å²) in [5.41, 5.74) is 0.831. The van der Waals surface area contributed by atoms with E-state index >= 15 is 0 Å². The minimum Gasteiger partial charge on any atom is -0.457 e. The lowest BCUT2D eigenvalue weighted by Crippen LogP contribution is -2.21. The molecule has 0 fully saturated rings. The van der Waals surface area contributed by atoms with Gasteiger partial charge in [-0.3, -0.25) is 4.57 Å². The Bertz CT molecular complexity index is 1030. The molecule has 4 rings (SSSR count). The number of rotatable bonds is 7.